The van der Waals surface area contributed by atoms with E-state index in [4.69, 9.17) is 18.0 Å². The topological polar surface area (TPSA) is 17.1 Å². The number of ketones is 1. The second-order valence-electron chi connectivity index (χ2n) is 3.23. The van der Waals surface area contributed by atoms with Crippen LogP contribution in [0.2, 0.25) is 5.02 Å². The lowest BCUT2D eigenvalue weighted by Gasteiger charge is -2.03. The Bertz CT molecular complexity index is 449. The van der Waals surface area contributed by atoms with E-state index < -0.39 is 17.4 Å². The molecule has 0 N–H and O–H groups in total. The Morgan fingerprint density at radius 2 is 2.06 bits per heavy atom. The van der Waals surface area contributed by atoms with Gasteiger partial charge in [0.25, 0.3) is 0 Å². The van der Waals surface area contributed by atoms with Gasteiger partial charge in [0.1, 0.15) is 11.6 Å². The van der Waals surface area contributed by atoms with Crippen LogP contribution in [0.25, 0.3) is 0 Å². The van der Waals surface area contributed by atoms with E-state index in [-0.39, 0.29) is 17.0 Å². The highest BCUT2D eigenvalue weighted by molar-refractivity contribution is 6.30. The molecule has 1 nitrogen and oxygen atoms in total. The third-order valence-electron chi connectivity index (χ3n) is 2.04. The summed E-state index contributed by atoms with van der Waals surface area (Å²) in [6.07, 6.45) is 6.01. The van der Waals surface area contributed by atoms with Gasteiger partial charge in [-0.2, -0.15) is 0 Å². The van der Waals surface area contributed by atoms with Gasteiger partial charge < -0.3 is 0 Å². The fourth-order valence-electron chi connectivity index (χ4n) is 1.22. The Morgan fingerprint density at radius 3 is 2.69 bits per heavy atom. The second-order valence-corrected chi connectivity index (χ2v) is 3.63. The molecule has 0 saturated heterocycles. The zero-order chi connectivity index (χ0) is 12.1. The minimum atomic E-state index is -0.808. The minimum absolute atomic E-state index is 0.0994. The predicted molar refractivity (Wildman–Crippen MR) is 58.4 cm³/mol. The van der Waals surface area contributed by atoms with E-state index in [1.807, 2.05) is 0 Å². The molecule has 0 heterocycles. The molecule has 0 atom stereocenters. The molecule has 0 bridgehead atoms. The molecule has 0 aliphatic carbocycles. The predicted octanol–water partition coefficient (Wildman–Crippen LogP) is 3.60. The summed E-state index contributed by atoms with van der Waals surface area (Å²) in [6.45, 7) is 0. The van der Waals surface area contributed by atoms with Crippen LogP contribution in [0.1, 0.15) is 29.6 Å². The van der Waals surface area contributed by atoms with Crippen molar-refractivity contribution in [3.63, 3.8) is 0 Å². The van der Waals surface area contributed by atoms with Crippen molar-refractivity contribution in [3.05, 3.63) is 34.4 Å². The summed E-state index contributed by atoms with van der Waals surface area (Å²) in [5.41, 5.74) is -0.279. The summed E-state index contributed by atoms with van der Waals surface area (Å²) >= 11 is 5.36. The summed E-state index contributed by atoms with van der Waals surface area (Å²) in [4.78, 5) is 11.5. The molecular formula is C12H9ClF2O. The van der Waals surface area contributed by atoms with Crippen molar-refractivity contribution in [2.45, 2.75) is 19.3 Å². The van der Waals surface area contributed by atoms with Crippen LogP contribution in [0, 0.1) is 24.0 Å². The number of halogens is 3. The fraction of sp³-hybridized carbons (Fsp3) is 0.250. The Hall–Kier alpha value is -1.40. The van der Waals surface area contributed by atoms with Gasteiger partial charge in [-0.1, -0.05) is 11.6 Å². The van der Waals surface area contributed by atoms with Crippen molar-refractivity contribution in [3.8, 4) is 12.3 Å². The molecule has 0 fully saturated rings. The molecule has 0 spiro atoms. The van der Waals surface area contributed by atoms with Crippen LogP contribution >= 0.6 is 11.6 Å². The van der Waals surface area contributed by atoms with E-state index in [0.717, 1.165) is 12.1 Å². The third-order valence-corrected chi connectivity index (χ3v) is 2.32. The van der Waals surface area contributed by atoms with Crippen LogP contribution in [0.15, 0.2) is 12.1 Å². The zero-order valence-electron chi connectivity index (χ0n) is 8.40. The first-order valence-electron chi connectivity index (χ1n) is 4.67. The quantitative estimate of drug-likeness (QED) is 0.341. The smallest absolute Gasteiger partial charge is 0.165 e. The molecule has 0 aliphatic heterocycles. The fourth-order valence-corrected chi connectivity index (χ4v) is 1.37. The standard InChI is InChI=1S/C12H9ClF2O/c1-2-3-4-5-12(16)8-6-11(15)9(13)7-10(8)14/h1,6-7H,3-5H2. The highest BCUT2D eigenvalue weighted by Gasteiger charge is 2.14. The number of terminal acetylenes is 1. The minimum Gasteiger partial charge on any atom is -0.294 e. The van der Waals surface area contributed by atoms with E-state index in [9.17, 15) is 13.6 Å². The molecule has 1 rings (SSSR count). The Morgan fingerprint density at radius 1 is 1.38 bits per heavy atom. The van der Waals surface area contributed by atoms with Gasteiger partial charge in [0.15, 0.2) is 5.78 Å². The molecule has 0 unspecified atom stereocenters. The lowest BCUT2D eigenvalue weighted by atomic mass is 10.0. The molecule has 1 aromatic carbocycles. The SMILES string of the molecule is C#CCCCC(=O)c1cc(F)c(Cl)cc1F. The monoisotopic (exact) mass is 242 g/mol. The maximum Gasteiger partial charge on any atom is 0.165 e. The largest absolute Gasteiger partial charge is 0.294 e. The highest BCUT2D eigenvalue weighted by atomic mass is 35.5. The summed E-state index contributed by atoms with van der Waals surface area (Å²) in [7, 11) is 0. The van der Waals surface area contributed by atoms with Gasteiger partial charge in [-0.15, -0.1) is 12.3 Å². The maximum atomic E-state index is 13.3. The van der Waals surface area contributed by atoms with Crippen LogP contribution in [-0.4, -0.2) is 5.78 Å². The Labute approximate surface area is 97.4 Å². The van der Waals surface area contributed by atoms with E-state index in [2.05, 4.69) is 5.92 Å². The van der Waals surface area contributed by atoms with Gasteiger partial charge in [0, 0.05) is 12.8 Å². The lowest BCUT2D eigenvalue weighted by Crippen LogP contribution is -2.03. The molecule has 4 heteroatoms. The van der Waals surface area contributed by atoms with Crippen LogP contribution in [0.4, 0.5) is 8.78 Å². The summed E-state index contributed by atoms with van der Waals surface area (Å²) in [5, 5.41) is -0.335. The Kier molecular flexibility index (Phi) is 4.45. The zero-order valence-corrected chi connectivity index (χ0v) is 9.15. The first kappa shape index (κ1) is 12.7. The Balaban J connectivity index is 2.84. The number of Topliss-reactive ketones (excluding diaryl/α,β-unsaturated/α-hetero) is 1. The van der Waals surface area contributed by atoms with Crippen molar-refractivity contribution in [1.29, 1.82) is 0 Å². The molecule has 0 aliphatic rings. The average Bonchev–Trinajstić information content (AvgIpc) is 2.23. The average molecular weight is 243 g/mol. The van der Waals surface area contributed by atoms with Crippen LogP contribution in [0.5, 0.6) is 0 Å². The van der Waals surface area contributed by atoms with Gasteiger partial charge in [-0.25, -0.2) is 8.78 Å². The molecule has 0 saturated carbocycles. The van der Waals surface area contributed by atoms with Crippen molar-refractivity contribution in [2.75, 3.05) is 0 Å². The van der Waals surface area contributed by atoms with Crippen molar-refractivity contribution >= 4 is 17.4 Å². The highest BCUT2D eigenvalue weighted by Crippen LogP contribution is 2.20. The number of rotatable bonds is 4. The van der Waals surface area contributed by atoms with Crippen LogP contribution in [0.3, 0.4) is 0 Å². The van der Waals surface area contributed by atoms with Gasteiger partial charge in [0.05, 0.1) is 10.6 Å². The van der Waals surface area contributed by atoms with Gasteiger partial charge in [0.2, 0.25) is 0 Å². The molecule has 0 aromatic heterocycles. The van der Waals surface area contributed by atoms with Crippen molar-refractivity contribution < 1.29 is 13.6 Å². The van der Waals surface area contributed by atoms with Gasteiger partial charge in [-0.05, 0) is 18.6 Å². The molecule has 0 radical (unpaired) electrons. The van der Waals surface area contributed by atoms with E-state index in [1.54, 1.807) is 0 Å². The maximum absolute atomic E-state index is 13.3. The van der Waals surface area contributed by atoms with Crippen LogP contribution < -0.4 is 0 Å². The molecule has 0 amide bonds. The molecule has 1 aromatic rings. The summed E-state index contributed by atoms with van der Waals surface area (Å²) in [6, 6.07) is 1.61. The normalized spacial score (nSPS) is 9.88. The van der Waals surface area contributed by atoms with Crippen LogP contribution in [-0.2, 0) is 0 Å². The number of unbranched alkanes of at least 4 members (excludes halogenated alkanes) is 1. The van der Waals surface area contributed by atoms with Crippen molar-refractivity contribution in [1.82, 2.24) is 0 Å². The first-order valence-corrected chi connectivity index (χ1v) is 5.05. The summed E-state index contributed by atoms with van der Waals surface area (Å²) < 4.78 is 26.3. The number of carbonyl (C=O) groups excluding carboxylic acids is 1. The first-order chi connectivity index (χ1) is 7.56. The summed E-state index contributed by atoms with van der Waals surface area (Å²) in [5.74, 6) is 0.289. The third kappa shape index (κ3) is 3.04. The number of carbonyl (C=O) groups is 1. The molecule has 84 valence electrons. The molecule has 16 heavy (non-hydrogen) atoms. The van der Waals surface area contributed by atoms with Gasteiger partial charge >= 0.3 is 0 Å². The number of benzene rings is 1. The number of hydrogen-bond donors (Lipinski definition) is 0. The van der Waals surface area contributed by atoms with E-state index in [1.165, 1.54) is 0 Å². The lowest BCUT2D eigenvalue weighted by molar-refractivity contribution is 0.0976. The van der Waals surface area contributed by atoms with E-state index >= 15 is 0 Å². The molecular weight excluding hydrogens is 234 g/mol. The second kappa shape index (κ2) is 5.62. The van der Waals surface area contributed by atoms with Crippen molar-refractivity contribution in [2.24, 2.45) is 0 Å². The van der Waals surface area contributed by atoms with Gasteiger partial charge in [-0.3, -0.25) is 4.79 Å². The van der Waals surface area contributed by atoms with E-state index in [0.29, 0.717) is 12.8 Å². The number of hydrogen-bond acceptors (Lipinski definition) is 1.